The monoisotopic (exact) mass is 363 g/mol. The van der Waals surface area contributed by atoms with Gasteiger partial charge in [0.1, 0.15) is 18.2 Å². The van der Waals surface area contributed by atoms with Crippen LogP contribution in [0.1, 0.15) is 39.2 Å². The summed E-state index contributed by atoms with van der Waals surface area (Å²) >= 11 is 0. The zero-order chi connectivity index (χ0) is 19.2. The van der Waals surface area contributed by atoms with E-state index in [1.54, 1.807) is 20.8 Å². The molecule has 0 bridgehead atoms. The number of likely N-dealkylation sites (tertiary alicyclic amines) is 1. The standard InChI is InChI=1S/C18H25N3O5/c1-18(2,3)26-16(23)20-19-15(22)14-10-7-11-21(14)17(24)25-12-13-8-5-4-6-9-13/h4-6,8-9,14H,7,10-12H2,1-3H3,(H,19,22)(H,20,23)/t14-/m0/s1. The Balaban J connectivity index is 1.83. The van der Waals surface area contributed by atoms with Crippen LogP contribution in [0.2, 0.25) is 0 Å². The van der Waals surface area contributed by atoms with Crippen LogP contribution in [0.25, 0.3) is 0 Å². The second-order valence-electron chi connectivity index (χ2n) is 7.01. The Bertz CT molecular complexity index is 642. The highest BCUT2D eigenvalue weighted by atomic mass is 16.6. The minimum Gasteiger partial charge on any atom is -0.445 e. The molecule has 0 aliphatic carbocycles. The molecular formula is C18H25N3O5. The molecule has 2 N–H and O–H groups in total. The van der Waals surface area contributed by atoms with Crippen molar-refractivity contribution in [2.24, 2.45) is 0 Å². The van der Waals surface area contributed by atoms with Crippen molar-refractivity contribution in [3.8, 4) is 0 Å². The second kappa shape index (κ2) is 8.55. The predicted molar refractivity (Wildman–Crippen MR) is 93.9 cm³/mol. The Morgan fingerprint density at radius 3 is 2.50 bits per heavy atom. The van der Waals surface area contributed by atoms with Crippen LogP contribution >= 0.6 is 0 Å². The lowest BCUT2D eigenvalue weighted by molar-refractivity contribution is -0.126. The van der Waals surface area contributed by atoms with Crippen molar-refractivity contribution in [2.75, 3.05) is 6.54 Å². The number of hydrogen-bond donors (Lipinski definition) is 2. The van der Waals surface area contributed by atoms with E-state index < -0.39 is 29.7 Å². The van der Waals surface area contributed by atoms with E-state index in [2.05, 4.69) is 10.9 Å². The molecule has 3 amide bonds. The lowest BCUT2D eigenvalue weighted by Gasteiger charge is -2.24. The Morgan fingerprint density at radius 1 is 1.15 bits per heavy atom. The van der Waals surface area contributed by atoms with Crippen LogP contribution in [0.5, 0.6) is 0 Å². The third-order valence-electron chi connectivity index (χ3n) is 3.68. The van der Waals surface area contributed by atoms with E-state index in [4.69, 9.17) is 9.47 Å². The smallest absolute Gasteiger partial charge is 0.426 e. The number of benzene rings is 1. The second-order valence-corrected chi connectivity index (χ2v) is 7.01. The molecule has 1 aliphatic heterocycles. The van der Waals surface area contributed by atoms with Crippen LogP contribution in [0.3, 0.4) is 0 Å². The van der Waals surface area contributed by atoms with E-state index in [0.29, 0.717) is 19.4 Å². The summed E-state index contributed by atoms with van der Waals surface area (Å²) in [6.45, 7) is 5.72. The number of carbonyl (C=O) groups excluding carboxylic acids is 3. The highest BCUT2D eigenvalue weighted by Gasteiger charge is 2.35. The molecule has 2 rings (SSSR count). The van der Waals surface area contributed by atoms with Crippen LogP contribution in [-0.2, 0) is 20.9 Å². The molecule has 0 aromatic heterocycles. The minimum atomic E-state index is -0.762. The van der Waals surface area contributed by atoms with Crippen LogP contribution in [0.4, 0.5) is 9.59 Å². The molecule has 0 radical (unpaired) electrons. The molecule has 0 unspecified atom stereocenters. The van der Waals surface area contributed by atoms with Gasteiger partial charge in [-0.05, 0) is 39.2 Å². The van der Waals surface area contributed by atoms with Gasteiger partial charge in [0, 0.05) is 6.54 Å². The van der Waals surface area contributed by atoms with Gasteiger partial charge >= 0.3 is 12.2 Å². The fourth-order valence-electron chi connectivity index (χ4n) is 2.56. The third-order valence-corrected chi connectivity index (χ3v) is 3.68. The predicted octanol–water partition coefficient (Wildman–Crippen LogP) is 2.34. The Kier molecular flexibility index (Phi) is 6.43. The molecule has 1 fully saturated rings. The van der Waals surface area contributed by atoms with E-state index >= 15 is 0 Å². The molecule has 1 atom stereocenters. The summed E-state index contributed by atoms with van der Waals surface area (Å²) in [6, 6.07) is 8.62. The largest absolute Gasteiger partial charge is 0.445 e. The maximum atomic E-state index is 12.3. The van der Waals surface area contributed by atoms with Gasteiger partial charge in [0.15, 0.2) is 0 Å². The van der Waals surface area contributed by atoms with Crippen LogP contribution < -0.4 is 10.9 Å². The van der Waals surface area contributed by atoms with Gasteiger partial charge in [0.2, 0.25) is 0 Å². The number of nitrogens with zero attached hydrogens (tertiary/aromatic N) is 1. The summed E-state index contributed by atoms with van der Waals surface area (Å²) in [5.74, 6) is -0.481. The molecule has 1 heterocycles. The number of ether oxygens (including phenoxy) is 2. The van der Waals surface area contributed by atoms with Gasteiger partial charge in [-0.15, -0.1) is 0 Å². The lowest BCUT2D eigenvalue weighted by atomic mass is 10.2. The van der Waals surface area contributed by atoms with Crippen molar-refractivity contribution in [1.82, 2.24) is 15.8 Å². The summed E-state index contributed by atoms with van der Waals surface area (Å²) in [4.78, 5) is 37.5. The average Bonchev–Trinajstić information content (AvgIpc) is 3.07. The number of nitrogens with one attached hydrogen (secondary N) is 2. The molecule has 1 aromatic carbocycles. The Morgan fingerprint density at radius 2 is 1.85 bits per heavy atom. The molecule has 8 heteroatoms. The van der Waals surface area contributed by atoms with Crippen molar-refractivity contribution in [3.63, 3.8) is 0 Å². The zero-order valence-electron chi connectivity index (χ0n) is 15.3. The van der Waals surface area contributed by atoms with Crippen LogP contribution in [0, 0.1) is 0 Å². The highest BCUT2D eigenvalue weighted by Crippen LogP contribution is 2.19. The van der Waals surface area contributed by atoms with Gasteiger partial charge in [-0.25, -0.2) is 15.0 Å². The number of hydrazine groups is 1. The summed E-state index contributed by atoms with van der Waals surface area (Å²) < 4.78 is 10.3. The van der Waals surface area contributed by atoms with E-state index in [9.17, 15) is 14.4 Å². The topological polar surface area (TPSA) is 97.0 Å². The van der Waals surface area contributed by atoms with Crippen molar-refractivity contribution in [1.29, 1.82) is 0 Å². The first kappa shape index (κ1) is 19.6. The van der Waals surface area contributed by atoms with E-state index in [-0.39, 0.29) is 6.61 Å². The van der Waals surface area contributed by atoms with Gasteiger partial charge in [-0.1, -0.05) is 30.3 Å². The van der Waals surface area contributed by atoms with Gasteiger partial charge in [-0.3, -0.25) is 15.1 Å². The molecule has 1 aromatic rings. The number of amides is 3. The van der Waals surface area contributed by atoms with Crippen molar-refractivity contribution in [2.45, 2.75) is 51.9 Å². The fourth-order valence-corrected chi connectivity index (χ4v) is 2.56. The summed E-state index contributed by atoms with van der Waals surface area (Å²) in [5.41, 5.74) is 4.68. The normalized spacial score (nSPS) is 16.7. The first-order chi connectivity index (χ1) is 12.3. The number of carbonyl (C=O) groups is 3. The summed E-state index contributed by atoms with van der Waals surface area (Å²) in [5, 5.41) is 0. The molecule has 1 aliphatic rings. The number of rotatable bonds is 3. The van der Waals surface area contributed by atoms with Crippen molar-refractivity contribution < 1.29 is 23.9 Å². The van der Waals surface area contributed by atoms with Crippen molar-refractivity contribution >= 4 is 18.1 Å². The molecule has 0 spiro atoms. The average molecular weight is 363 g/mol. The van der Waals surface area contributed by atoms with Gasteiger partial charge in [-0.2, -0.15) is 0 Å². The highest BCUT2D eigenvalue weighted by molar-refractivity contribution is 5.87. The van der Waals surface area contributed by atoms with Crippen LogP contribution in [-0.4, -0.2) is 41.2 Å². The maximum Gasteiger partial charge on any atom is 0.426 e. The first-order valence-corrected chi connectivity index (χ1v) is 8.52. The maximum absolute atomic E-state index is 12.3. The zero-order valence-corrected chi connectivity index (χ0v) is 15.3. The van der Waals surface area contributed by atoms with E-state index in [0.717, 1.165) is 5.56 Å². The van der Waals surface area contributed by atoms with Crippen molar-refractivity contribution in [3.05, 3.63) is 35.9 Å². The molecule has 1 saturated heterocycles. The lowest BCUT2D eigenvalue weighted by Crippen LogP contribution is -2.52. The Hall–Kier alpha value is -2.77. The fraction of sp³-hybridized carbons (Fsp3) is 0.500. The van der Waals surface area contributed by atoms with Crippen LogP contribution in [0.15, 0.2) is 30.3 Å². The molecular weight excluding hydrogens is 338 g/mol. The van der Waals surface area contributed by atoms with Gasteiger partial charge < -0.3 is 9.47 Å². The SMILES string of the molecule is CC(C)(C)OC(=O)NNC(=O)[C@@H]1CCCN1C(=O)OCc1ccccc1. The third kappa shape index (κ3) is 5.94. The molecule has 26 heavy (non-hydrogen) atoms. The van der Waals surface area contributed by atoms with E-state index in [1.807, 2.05) is 30.3 Å². The van der Waals surface area contributed by atoms with E-state index in [1.165, 1.54) is 4.90 Å². The molecule has 0 saturated carbocycles. The number of hydrogen-bond acceptors (Lipinski definition) is 5. The van der Waals surface area contributed by atoms with Gasteiger partial charge in [0.25, 0.3) is 5.91 Å². The quantitative estimate of drug-likeness (QED) is 0.804. The Labute approximate surface area is 152 Å². The summed E-state index contributed by atoms with van der Waals surface area (Å²) in [7, 11) is 0. The van der Waals surface area contributed by atoms with Gasteiger partial charge in [0.05, 0.1) is 0 Å². The molecule has 142 valence electrons. The minimum absolute atomic E-state index is 0.140. The summed E-state index contributed by atoms with van der Waals surface area (Å²) in [6.07, 6.45) is -0.126. The first-order valence-electron chi connectivity index (χ1n) is 8.52. The molecule has 8 nitrogen and oxygen atoms in total.